The van der Waals surface area contributed by atoms with Crippen LogP contribution in [0.1, 0.15) is 34.3 Å². The van der Waals surface area contributed by atoms with Gasteiger partial charge in [0.15, 0.2) is 17.6 Å². The number of nitrogens with one attached hydrogen (secondary N) is 1. The topological polar surface area (TPSA) is 99.9 Å². The number of esters is 1. The number of rotatable bonds is 9. The van der Waals surface area contributed by atoms with Gasteiger partial charge in [-0.25, -0.2) is 4.79 Å². The molecule has 3 rings (SSSR count). The monoisotopic (exact) mass is 470 g/mol. The Morgan fingerprint density at radius 1 is 1.09 bits per heavy atom. The van der Waals surface area contributed by atoms with Crippen molar-refractivity contribution >= 4 is 29.3 Å². The van der Waals surface area contributed by atoms with Crippen molar-refractivity contribution in [2.24, 2.45) is 0 Å². The minimum absolute atomic E-state index is 0.389. The molecule has 1 N–H and O–H groups in total. The van der Waals surface area contributed by atoms with Crippen LogP contribution >= 0.6 is 11.8 Å². The van der Waals surface area contributed by atoms with E-state index in [1.807, 2.05) is 26.0 Å². The summed E-state index contributed by atoms with van der Waals surface area (Å²) in [6.07, 6.45) is -1.01. The van der Waals surface area contributed by atoms with Crippen molar-refractivity contribution in [1.29, 1.82) is 0 Å². The second-order valence-electron chi connectivity index (χ2n) is 7.19. The van der Waals surface area contributed by atoms with E-state index in [1.165, 1.54) is 32.9 Å². The first-order chi connectivity index (χ1) is 15.8. The summed E-state index contributed by atoms with van der Waals surface area (Å²) in [5.41, 5.74) is 2.70. The summed E-state index contributed by atoms with van der Waals surface area (Å²) in [5.74, 6) is 1.33. The Hall–Kier alpha value is -3.46. The van der Waals surface area contributed by atoms with Crippen LogP contribution in [0.4, 0.5) is 5.69 Å². The number of anilines is 1. The fourth-order valence-corrected chi connectivity index (χ4v) is 4.25. The lowest BCUT2D eigenvalue weighted by Crippen LogP contribution is -2.30. The van der Waals surface area contributed by atoms with E-state index in [0.29, 0.717) is 28.5 Å². The predicted octanol–water partition coefficient (Wildman–Crippen LogP) is 4.78. The molecule has 0 saturated carbocycles. The Labute approximate surface area is 196 Å². The zero-order valence-electron chi connectivity index (χ0n) is 19.1. The minimum atomic E-state index is -1.01. The van der Waals surface area contributed by atoms with Crippen LogP contribution in [0.5, 0.6) is 11.5 Å². The summed E-state index contributed by atoms with van der Waals surface area (Å²) in [4.78, 5) is 26.2. The van der Waals surface area contributed by atoms with Gasteiger partial charge in [0, 0.05) is 28.0 Å². The fraction of sp³-hybridized carbons (Fsp3) is 0.292. The highest BCUT2D eigenvalue weighted by atomic mass is 32.2. The first-order valence-electron chi connectivity index (χ1n) is 10.2. The molecule has 0 bridgehead atoms. The average Bonchev–Trinajstić information content (AvgIpc) is 3.14. The molecule has 0 radical (unpaired) electrons. The Balaban J connectivity index is 1.65. The maximum absolute atomic E-state index is 12.8. The second-order valence-corrected chi connectivity index (χ2v) is 8.21. The van der Waals surface area contributed by atoms with Crippen molar-refractivity contribution in [1.82, 2.24) is 5.16 Å². The molecule has 0 fully saturated rings. The molecule has 0 saturated heterocycles. The average molecular weight is 471 g/mol. The van der Waals surface area contributed by atoms with Gasteiger partial charge in [-0.2, -0.15) is 0 Å². The highest BCUT2D eigenvalue weighted by molar-refractivity contribution is 7.98. The number of aromatic nitrogens is 1. The molecule has 1 atom stereocenters. The van der Waals surface area contributed by atoms with Crippen LogP contribution in [-0.4, -0.2) is 37.4 Å². The van der Waals surface area contributed by atoms with E-state index in [2.05, 4.69) is 10.5 Å². The molecular weight excluding hydrogens is 444 g/mol. The van der Waals surface area contributed by atoms with E-state index in [4.69, 9.17) is 18.7 Å². The van der Waals surface area contributed by atoms with Gasteiger partial charge in [-0.1, -0.05) is 17.3 Å². The number of nitrogens with zero attached hydrogens (tertiary/aromatic N) is 1. The lowest BCUT2D eigenvalue weighted by atomic mass is 10.2. The molecule has 1 heterocycles. The van der Waals surface area contributed by atoms with E-state index in [9.17, 15) is 9.59 Å². The molecule has 2 aromatic carbocycles. The Kier molecular flexibility index (Phi) is 8.00. The van der Waals surface area contributed by atoms with Gasteiger partial charge >= 0.3 is 5.97 Å². The fourth-order valence-electron chi connectivity index (χ4n) is 3.05. The van der Waals surface area contributed by atoms with Gasteiger partial charge in [-0.15, -0.1) is 11.8 Å². The molecule has 3 aromatic rings. The van der Waals surface area contributed by atoms with Crippen molar-refractivity contribution in [2.75, 3.05) is 19.5 Å². The molecule has 8 nitrogen and oxygen atoms in total. The number of ether oxygens (including phenoxy) is 3. The van der Waals surface area contributed by atoms with Crippen LogP contribution < -0.4 is 14.8 Å². The molecule has 0 aliphatic heterocycles. The highest BCUT2D eigenvalue weighted by Crippen LogP contribution is 2.31. The minimum Gasteiger partial charge on any atom is -0.493 e. The van der Waals surface area contributed by atoms with Crippen LogP contribution in [0.15, 0.2) is 51.9 Å². The third-order valence-corrected chi connectivity index (χ3v) is 6.06. The standard InChI is InChI=1S/C24H26N2O6S/c1-14-19(15(2)32-26-14)13-33-22-9-7-6-8-18(22)24(28)31-16(3)23(27)25-17-10-11-20(29-4)21(12-17)30-5/h6-12,16H,13H2,1-5H3,(H,25,27). The van der Waals surface area contributed by atoms with Gasteiger partial charge in [0.1, 0.15) is 5.76 Å². The molecule has 1 amide bonds. The number of hydrogen-bond acceptors (Lipinski definition) is 8. The number of hydrogen-bond donors (Lipinski definition) is 1. The van der Waals surface area contributed by atoms with Crippen molar-refractivity contribution in [2.45, 2.75) is 37.5 Å². The lowest BCUT2D eigenvalue weighted by Gasteiger charge is -2.16. The van der Waals surface area contributed by atoms with Crippen LogP contribution in [0.25, 0.3) is 0 Å². The van der Waals surface area contributed by atoms with E-state index in [-0.39, 0.29) is 0 Å². The number of thioether (sulfide) groups is 1. The molecule has 174 valence electrons. The van der Waals surface area contributed by atoms with Gasteiger partial charge < -0.3 is 24.1 Å². The number of amides is 1. The smallest absolute Gasteiger partial charge is 0.340 e. The summed E-state index contributed by atoms with van der Waals surface area (Å²) < 4.78 is 21.1. The van der Waals surface area contributed by atoms with Gasteiger partial charge in [0.25, 0.3) is 5.91 Å². The Morgan fingerprint density at radius 3 is 2.48 bits per heavy atom. The summed E-state index contributed by atoms with van der Waals surface area (Å²) in [7, 11) is 3.04. The summed E-state index contributed by atoms with van der Waals surface area (Å²) in [5, 5.41) is 6.68. The van der Waals surface area contributed by atoms with Gasteiger partial charge in [-0.05, 0) is 45.0 Å². The van der Waals surface area contributed by atoms with E-state index in [1.54, 1.807) is 30.3 Å². The number of benzene rings is 2. The molecule has 1 aromatic heterocycles. The van der Waals surface area contributed by atoms with Gasteiger partial charge in [0.05, 0.1) is 25.5 Å². The van der Waals surface area contributed by atoms with Crippen molar-refractivity contribution in [3.8, 4) is 11.5 Å². The van der Waals surface area contributed by atoms with Crippen LogP contribution in [0, 0.1) is 13.8 Å². The van der Waals surface area contributed by atoms with Crippen LogP contribution in [0.3, 0.4) is 0 Å². The normalized spacial score (nSPS) is 11.5. The summed E-state index contributed by atoms with van der Waals surface area (Å²) in [6, 6.07) is 12.1. The third kappa shape index (κ3) is 5.87. The Morgan fingerprint density at radius 2 is 1.82 bits per heavy atom. The maximum Gasteiger partial charge on any atom is 0.340 e. The van der Waals surface area contributed by atoms with Crippen LogP contribution in [-0.2, 0) is 15.3 Å². The van der Waals surface area contributed by atoms with Crippen molar-refractivity contribution < 1.29 is 28.3 Å². The number of carbonyl (C=O) groups is 2. The predicted molar refractivity (Wildman–Crippen MR) is 125 cm³/mol. The molecule has 0 aliphatic rings. The lowest BCUT2D eigenvalue weighted by molar-refractivity contribution is -0.123. The third-order valence-electron chi connectivity index (χ3n) is 4.96. The van der Waals surface area contributed by atoms with E-state index in [0.717, 1.165) is 21.9 Å². The zero-order valence-corrected chi connectivity index (χ0v) is 19.9. The number of methoxy groups -OCH3 is 2. The molecule has 9 heteroatoms. The van der Waals surface area contributed by atoms with E-state index < -0.39 is 18.0 Å². The molecule has 33 heavy (non-hydrogen) atoms. The number of carbonyl (C=O) groups excluding carboxylic acids is 2. The van der Waals surface area contributed by atoms with Crippen molar-refractivity contribution in [3.05, 3.63) is 65.0 Å². The van der Waals surface area contributed by atoms with Gasteiger partial charge in [0.2, 0.25) is 0 Å². The molecular formula is C24H26N2O6S. The van der Waals surface area contributed by atoms with Gasteiger partial charge in [-0.3, -0.25) is 4.79 Å². The summed E-state index contributed by atoms with van der Waals surface area (Å²) in [6.45, 7) is 5.26. The molecule has 1 unspecified atom stereocenters. The van der Waals surface area contributed by atoms with E-state index >= 15 is 0 Å². The summed E-state index contributed by atoms with van der Waals surface area (Å²) >= 11 is 1.48. The quantitative estimate of drug-likeness (QED) is 0.352. The Bertz CT molecular complexity index is 1120. The first kappa shape index (κ1) is 24.2. The highest BCUT2D eigenvalue weighted by Gasteiger charge is 2.22. The second kappa shape index (κ2) is 10.9. The maximum atomic E-state index is 12.8. The first-order valence-corrected chi connectivity index (χ1v) is 11.2. The largest absolute Gasteiger partial charge is 0.493 e. The van der Waals surface area contributed by atoms with Crippen LogP contribution in [0.2, 0.25) is 0 Å². The molecule has 0 spiro atoms. The SMILES string of the molecule is COc1ccc(NC(=O)C(C)OC(=O)c2ccccc2SCc2c(C)noc2C)cc1OC. The van der Waals surface area contributed by atoms with Crippen molar-refractivity contribution in [3.63, 3.8) is 0 Å². The zero-order chi connectivity index (χ0) is 24.0. The molecule has 0 aliphatic carbocycles. The number of aryl methyl sites for hydroxylation is 2.